The van der Waals surface area contributed by atoms with Gasteiger partial charge in [0.1, 0.15) is 5.84 Å². The maximum atomic E-state index is 6.78. The second-order valence-corrected chi connectivity index (χ2v) is 7.67. The molecular weight excluding hydrogens is 292 g/mol. The highest BCUT2D eigenvalue weighted by Gasteiger charge is 2.20. The van der Waals surface area contributed by atoms with Crippen molar-refractivity contribution in [3.05, 3.63) is 0 Å². The van der Waals surface area contributed by atoms with Crippen LogP contribution >= 0.6 is 47.8 Å². The third-order valence-electron chi connectivity index (χ3n) is 0.305. The summed E-state index contributed by atoms with van der Waals surface area (Å²) in [7, 11) is 0. The van der Waals surface area contributed by atoms with Gasteiger partial charge in [-0.05, 0) is 0 Å². The summed E-state index contributed by atoms with van der Waals surface area (Å²) in [5.74, 6) is -0.00694. The zero-order valence-corrected chi connectivity index (χ0v) is 7.97. The molecular formula is C2H3Br3N2. The van der Waals surface area contributed by atoms with Crippen molar-refractivity contribution in [2.75, 3.05) is 0 Å². The molecule has 0 aliphatic heterocycles. The van der Waals surface area contributed by atoms with E-state index in [-0.39, 0.29) is 5.84 Å². The van der Waals surface area contributed by atoms with Crippen molar-refractivity contribution < 1.29 is 0 Å². The largest absolute Gasteiger partial charge is 0.385 e. The third kappa shape index (κ3) is 3.49. The molecule has 0 aliphatic rings. The molecule has 0 aromatic rings. The summed E-state index contributed by atoms with van der Waals surface area (Å²) in [5, 5.41) is 6.78. The first kappa shape index (κ1) is 7.91. The summed E-state index contributed by atoms with van der Waals surface area (Å²) < 4.78 is -0.701. The smallest absolute Gasteiger partial charge is 0.190 e. The molecule has 0 rings (SSSR count). The predicted octanol–water partition coefficient (Wildman–Crippen LogP) is 1.76. The van der Waals surface area contributed by atoms with Gasteiger partial charge in [-0.2, -0.15) is 0 Å². The number of hydrogen-bond acceptors (Lipinski definition) is 1. The molecule has 2 nitrogen and oxygen atoms in total. The lowest BCUT2D eigenvalue weighted by Gasteiger charge is -2.06. The van der Waals surface area contributed by atoms with Crippen LogP contribution in [0.5, 0.6) is 0 Å². The molecule has 0 aromatic carbocycles. The van der Waals surface area contributed by atoms with E-state index in [1.807, 2.05) is 0 Å². The SMILES string of the molecule is N=C(N)C(Br)(Br)Br. The summed E-state index contributed by atoms with van der Waals surface area (Å²) in [6.07, 6.45) is 0. The van der Waals surface area contributed by atoms with E-state index in [4.69, 9.17) is 11.1 Å². The van der Waals surface area contributed by atoms with Crippen LogP contribution in [0.2, 0.25) is 0 Å². The molecule has 0 amide bonds. The van der Waals surface area contributed by atoms with E-state index in [1.165, 1.54) is 0 Å². The highest BCUT2D eigenvalue weighted by molar-refractivity contribution is 9.40. The number of rotatable bonds is 0. The summed E-state index contributed by atoms with van der Waals surface area (Å²) in [5.41, 5.74) is 5.01. The van der Waals surface area contributed by atoms with Crippen molar-refractivity contribution >= 4 is 53.6 Å². The van der Waals surface area contributed by atoms with Gasteiger partial charge >= 0.3 is 0 Å². The normalized spacial score (nSPS) is 11.3. The van der Waals surface area contributed by atoms with Gasteiger partial charge in [-0.15, -0.1) is 0 Å². The van der Waals surface area contributed by atoms with Gasteiger partial charge in [0.05, 0.1) is 0 Å². The molecule has 0 aliphatic carbocycles. The first-order valence-corrected chi connectivity index (χ1v) is 3.73. The Morgan fingerprint density at radius 3 is 1.57 bits per heavy atom. The molecule has 0 radical (unpaired) electrons. The lowest BCUT2D eigenvalue weighted by atomic mass is 10.7. The second kappa shape index (κ2) is 2.46. The number of nitrogens with two attached hydrogens (primary N) is 1. The minimum Gasteiger partial charge on any atom is -0.385 e. The average Bonchev–Trinajstić information content (AvgIpc) is 1.31. The first-order valence-electron chi connectivity index (χ1n) is 1.36. The van der Waals surface area contributed by atoms with E-state index in [1.54, 1.807) is 0 Å². The molecule has 5 heteroatoms. The Balaban J connectivity index is 3.79. The van der Waals surface area contributed by atoms with Gasteiger partial charge in [-0.3, -0.25) is 5.41 Å². The Morgan fingerprint density at radius 1 is 1.43 bits per heavy atom. The molecule has 0 spiro atoms. The maximum Gasteiger partial charge on any atom is 0.190 e. The lowest BCUT2D eigenvalue weighted by Crippen LogP contribution is -2.24. The van der Waals surface area contributed by atoms with E-state index >= 15 is 0 Å². The van der Waals surface area contributed by atoms with Crippen LogP contribution in [0, 0.1) is 5.41 Å². The molecule has 0 fully saturated rings. The second-order valence-electron chi connectivity index (χ2n) is 0.911. The van der Waals surface area contributed by atoms with Crippen molar-refractivity contribution in [1.82, 2.24) is 0 Å². The Labute approximate surface area is 66.7 Å². The van der Waals surface area contributed by atoms with E-state index in [0.29, 0.717) is 0 Å². The fourth-order valence-electron chi connectivity index (χ4n) is 0. The van der Waals surface area contributed by atoms with Crippen molar-refractivity contribution in [2.45, 2.75) is 2.14 Å². The number of hydrogen-bond donors (Lipinski definition) is 2. The van der Waals surface area contributed by atoms with Crippen LogP contribution in [0.25, 0.3) is 0 Å². The van der Waals surface area contributed by atoms with Gasteiger partial charge in [0, 0.05) is 0 Å². The number of nitrogens with one attached hydrogen (secondary N) is 1. The third-order valence-corrected chi connectivity index (χ3v) is 1.59. The van der Waals surface area contributed by atoms with Crippen molar-refractivity contribution in [1.29, 1.82) is 5.41 Å². The van der Waals surface area contributed by atoms with Crippen molar-refractivity contribution in [2.24, 2.45) is 5.73 Å². The number of halogens is 3. The summed E-state index contributed by atoms with van der Waals surface area (Å²) in [6, 6.07) is 0. The highest BCUT2D eigenvalue weighted by atomic mass is 80.0. The van der Waals surface area contributed by atoms with Crippen LogP contribution in [0.3, 0.4) is 0 Å². The van der Waals surface area contributed by atoms with Crippen molar-refractivity contribution in [3.8, 4) is 0 Å². The number of alkyl halides is 3. The van der Waals surface area contributed by atoms with E-state index in [9.17, 15) is 0 Å². The van der Waals surface area contributed by atoms with Crippen LogP contribution in [0.1, 0.15) is 0 Å². The van der Waals surface area contributed by atoms with Crippen LogP contribution in [-0.2, 0) is 0 Å². The Morgan fingerprint density at radius 2 is 1.57 bits per heavy atom. The fourth-order valence-corrected chi connectivity index (χ4v) is 0. The van der Waals surface area contributed by atoms with E-state index in [0.717, 1.165) is 0 Å². The lowest BCUT2D eigenvalue weighted by molar-refractivity contribution is 1.40. The van der Waals surface area contributed by atoms with Gasteiger partial charge in [-0.25, -0.2) is 0 Å². The highest BCUT2D eigenvalue weighted by Crippen LogP contribution is 2.32. The zero-order valence-electron chi connectivity index (χ0n) is 3.21. The molecule has 7 heavy (non-hydrogen) atoms. The molecule has 42 valence electrons. The Bertz CT molecular complexity index is 83.4. The van der Waals surface area contributed by atoms with Crippen LogP contribution in [0.15, 0.2) is 0 Å². The maximum absolute atomic E-state index is 6.78. The molecule has 3 N–H and O–H groups in total. The molecule has 0 heterocycles. The van der Waals surface area contributed by atoms with Gasteiger partial charge in [0.2, 0.25) is 0 Å². The number of amidine groups is 1. The molecule has 0 bridgehead atoms. The van der Waals surface area contributed by atoms with Gasteiger partial charge < -0.3 is 5.73 Å². The van der Waals surface area contributed by atoms with E-state index in [2.05, 4.69) is 47.8 Å². The van der Waals surface area contributed by atoms with E-state index < -0.39 is 2.14 Å². The molecule has 0 saturated carbocycles. The minimum absolute atomic E-state index is 0.00694. The molecule has 0 unspecified atom stereocenters. The predicted molar refractivity (Wildman–Crippen MR) is 41.4 cm³/mol. The van der Waals surface area contributed by atoms with Crippen LogP contribution in [-0.4, -0.2) is 7.98 Å². The van der Waals surface area contributed by atoms with Gasteiger partial charge in [0.15, 0.2) is 2.14 Å². The summed E-state index contributed by atoms with van der Waals surface area (Å²) >= 11 is 9.08. The van der Waals surface area contributed by atoms with Crippen LogP contribution in [0.4, 0.5) is 0 Å². The van der Waals surface area contributed by atoms with Crippen molar-refractivity contribution in [3.63, 3.8) is 0 Å². The molecule has 0 atom stereocenters. The topological polar surface area (TPSA) is 49.9 Å². The van der Waals surface area contributed by atoms with Crippen LogP contribution < -0.4 is 5.73 Å². The zero-order chi connectivity index (χ0) is 6.08. The standard InChI is InChI=1S/C2H3Br3N2/c3-2(4,5)1(6)7/h(H3,6,7). The molecule has 0 aromatic heterocycles. The quantitative estimate of drug-likeness (QED) is 0.399. The fraction of sp³-hybridized carbons (Fsp3) is 0.500. The van der Waals surface area contributed by atoms with Gasteiger partial charge in [0.25, 0.3) is 0 Å². The van der Waals surface area contributed by atoms with Gasteiger partial charge in [-0.1, -0.05) is 47.8 Å². The monoisotopic (exact) mass is 292 g/mol. The summed E-state index contributed by atoms with van der Waals surface area (Å²) in [4.78, 5) is 0. The minimum atomic E-state index is -0.701. The first-order chi connectivity index (χ1) is 2.94. The summed E-state index contributed by atoms with van der Waals surface area (Å²) in [6.45, 7) is 0. The Hall–Kier alpha value is 0.910. The molecule has 0 saturated heterocycles. The average molecular weight is 295 g/mol. The Kier molecular flexibility index (Phi) is 2.78.